The zero-order valence-electron chi connectivity index (χ0n) is 19.6. The summed E-state index contributed by atoms with van der Waals surface area (Å²) >= 11 is 0. The highest BCUT2D eigenvalue weighted by molar-refractivity contribution is 5.89. The van der Waals surface area contributed by atoms with Gasteiger partial charge in [-0.2, -0.15) is 0 Å². The highest BCUT2D eigenvalue weighted by atomic mass is 19.1. The zero-order chi connectivity index (χ0) is 25.2. The first-order chi connectivity index (χ1) is 17.6. The fourth-order valence-corrected chi connectivity index (χ4v) is 3.74. The summed E-state index contributed by atoms with van der Waals surface area (Å²) in [6.45, 7) is 0.0397. The number of nitrogens with zero attached hydrogens (tertiary/aromatic N) is 2. The van der Waals surface area contributed by atoms with Gasteiger partial charge in [0.2, 0.25) is 5.91 Å². The topological polar surface area (TPSA) is 71.5 Å². The van der Waals surface area contributed by atoms with E-state index in [-0.39, 0.29) is 37.3 Å². The van der Waals surface area contributed by atoms with Crippen molar-refractivity contribution in [1.82, 2.24) is 15.2 Å². The molecule has 6 nitrogen and oxygen atoms in total. The van der Waals surface area contributed by atoms with Crippen molar-refractivity contribution in [2.45, 2.75) is 19.1 Å². The van der Waals surface area contributed by atoms with Crippen LogP contribution in [0.3, 0.4) is 0 Å². The number of para-hydroxylation sites is 1. The first kappa shape index (κ1) is 24.6. The molecule has 2 amide bonds. The average Bonchev–Trinajstić information content (AvgIpc) is 2.93. The lowest BCUT2D eigenvalue weighted by atomic mass is 10.0. The number of nitrogens with one attached hydrogen (secondary N) is 1. The third-order valence-corrected chi connectivity index (χ3v) is 5.54. The van der Waals surface area contributed by atoms with Crippen molar-refractivity contribution >= 4 is 11.8 Å². The molecule has 1 heterocycles. The number of amides is 2. The predicted octanol–water partition coefficient (Wildman–Crippen LogP) is 4.69. The van der Waals surface area contributed by atoms with Crippen LogP contribution in [0.5, 0.6) is 5.75 Å². The smallest absolute Gasteiger partial charge is 0.261 e. The molecule has 1 unspecified atom stereocenters. The lowest BCUT2D eigenvalue weighted by Gasteiger charge is -2.31. The second-order valence-electron chi connectivity index (χ2n) is 8.10. The summed E-state index contributed by atoms with van der Waals surface area (Å²) < 4.78 is 19.2. The van der Waals surface area contributed by atoms with Gasteiger partial charge in [-0.15, -0.1) is 0 Å². The highest BCUT2D eigenvalue weighted by Crippen LogP contribution is 2.24. The Balaban J connectivity index is 1.62. The van der Waals surface area contributed by atoms with Crippen LogP contribution in [-0.2, 0) is 22.7 Å². The molecule has 1 aromatic heterocycles. The zero-order valence-corrected chi connectivity index (χ0v) is 19.6. The molecule has 0 bridgehead atoms. The van der Waals surface area contributed by atoms with E-state index in [1.54, 1.807) is 48.7 Å². The van der Waals surface area contributed by atoms with Gasteiger partial charge in [0.05, 0.1) is 12.2 Å². The maximum atomic E-state index is 13.5. The van der Waals surface area contributed by atoms with Crippen molar-refractivity contribution in [3.05, 3.63) is 132 Å². The van der Waals surface area contributed by atoms with Gasteiger partial charge in [-0.1, -0.05) is 66.7 Å². The number of hydrogen-bond donors (Lipinski definition) is 1. The summed E-state index contributed by atoms with van der Waals surface area (Å²) in [5, 5.41) is 2.91. The SMILES string of the molecule is O=C(NCc1ccccn1)C(c1ccccc1)N(Cc1ccc(F)cc1)C(=O)COc1ccccc1. The molecule has 0 saturated carbocycles. The van der Waals surface area contributed by atoms with E-state index in [0.29, 0.717) is 22.6 Å². The third-order valence-electron chi connectivity index (χ3n) is 5.54. The summed E-state index contributed by atoms with van der Waals surface area (Å²) in [5.41, 5.74) is 2.02. The van der Waals surface area contributed by atoms with Gasteiger partial charge in [-0.3, -0.25) is 14.6 Å². The van der Waals surface area contributed by atoms with E-state index in [2.05, 4.69) is 10.3 Å². The normalized spacial score (nSPS) is 11.4. The molecule has 1 N–H and O–H groups in total. The van der Waals surface area contributed by atoms with Gasteiger partial charge in [0.25, 0.3) is 5.91 Å². The highest BCUT2D eigenvalue weighted by Gasteiger charge is 2.31. The maximum Gasteiger partial charge on any atom is 0.261 e. The Morgan fingerprint density at radius 2 is 1.53 bits per heavy atom. The fraction of sp³-hybridized carbons (Fsp3) is 0.138. The van der Waals surface area contributed by atoms with E-state index in [1.165, 1.54) is 17.0 Å². The minimum atomic E-state index is -0.938. The van der Waals surface area contributed by atoms with E-state index in [0.717, 1.165) is 0 Å². The minimum Gasteiger partial charge on any atom is -0.484 e. The lowest BCUT2D eigenvalue weighted by Crippen LogP contribution is -2.45. The number of benzene rings is 3. The summed E-state index contributed by atoms with van der Waals surface area (Å²) in [5.74, 6) is -0.577. The number of hydrogen-bond acceptors (Lipinski definition) is 4. The number of pyridine rings is 1. The summed E-state index contributed by atoms with van der Waals surface area (Å²) in [6.07, 6.45) is 1.65. The molecule has 0 saturated heterocycles. The van der Waals surface area contributed by atoms with Gasteiger partial charge < -0.3 is 15.0 Å². The van der Waals surface area contributed by atoms with Gasteiger partial charge in [-0.25, -0.2) is 4.39 Å². The number of halogens is 1. The maximum absolute atomic E-state index is 13.5. The summed E-state index contributed by atoms with van der Waals surface area (Å²) in [6, 6.07) is 28.4. The Kier molecular flexibility index (Phi) is 8.38. The van der Waals surface area contributed by atoms with Crippen LogP contribution < -0.4 is 10.1 Å². The van der Waals surface area contributed by atoms with Crippen LogP contribution in [0.2, 0.25) is 0 Å². The molecule has 7 heteroatoms. The summed E-state index contributed by atoms with van der Waals surface area (Å²) in [4.78, 5) is 32.8. The Bertz CT molecular complexity index is 1250. The number of carbonyl (C=O) groups excluding carboxylic acids is 2. The third kappa shape index (κ3) is 6.76. The quantitative estimate of drug-likeness (QED) is 0.355. The van der Waals surface area contributed by atoms with Crippen molar-refractivity contribution in [1.29, 1.82) is 0 Å². The molecule has 0 spiro atoms. The van der Waals surface area contributed by atoms with E-state index < -0.39 is 6.04 Å². The van der Waals surface area contributed by atoms with Crippen LogP contribution in [0, 0.1) is 5.82 Å². The Morgan fingerprint density at radius 1 is 0.861 bits per heavy atom. The molecule has 4 aromatic rings. The Morgan fingerprint density at radius 3 is 2.19 bits per heavy atom. The van der Waals surface area contributed by atoms with Crippen LogP contribution in [-0.4, -0.2) is 28.3 Å². The largest absolute Gasteiger partial charge is 0.484 e. The average molecular weight is 484 g/mol. The van der Waals surface area contributed by atoms with Crippen molar-refractivity contribution in [2.24, 2.45) is 0 Å². The molecule has 0 radical (unpaired) electrons. The predicted molar refractivity (Wildman–Crippen MR) is 134 cm³/mol. The van der Waals surface area contributed by atoms with E-state index in [4.69, 9.17) is 4.74 Å². The molecular formula is C29H26FN3O3. The van der Waals surface area contributed by atoms with Gasteiger partial charge in [-0.05, 0) is 47.5 Å². The van der Waals surface area contributed by atoms with Gasteiger partial charge >= 0.3 is 0 Å². The van der Waals surface area contributed by atoms with E-state index in [9.17, 15) is 14.0 Å². The van der Waals surface area contributed by atoms with Crippen molar-refractivity contribution < 1.29 is 18.7 Å². The molecule has 4 rings (SSSR count). The molecule has 182 valence electrons. The molecule has 0 fully saturated rings. The van der Waals surface area contributed by atoms with E-state index in [1.807, 2.05) is 48.5 Å². The van der Waals surface area contributed by atoms with E-state index >= 15 is 0 Å². The second-order valence-corrected chi connectivity index (χ2v) is 8.10. The monoisotopic (exact) mass is 483 g/mol. The van der Waals surface area contributed by atoms with Crippen molar-refractivity contribution in [2.75, 3.05) is 6.61 Å². The molecule has 36 heavy (non-hydrogen) atoms. The van der Waals surface area contributed by atoms with Gasteiger partial charge in [0.15, 0.2) is 6.61 Å². The number of ether oxygens (including phenoxy) is 1. The molecule has 0 aliphatic rings. The van der Waals surface area contributed by atoms with Gasteiger partial charge in [0, 0.05) is 12.7 Å². The van der Waals surface area contributed by atoms with Crippen molar-refractivity contribution in [3.63, 3.8) is 0 Å². The molecular weight excluding hydrogens is 457 g/mol. The Labute approximate surface area is 209 Å². The van der Waals surface area contributed by atoms with Crippen LogP contribution in [0.1, 0.15) is 22.9 Å². The lowest BCUT2D eigenvalue weighted by molar-refractivity contribution is -0.143. The standard InChI is InChI=1S/C29H26FN3O3/c30-24-16-14-22(15-17-24)20-33(27(34)21-36-26-12-5-2-6-13-26)28(23-9-3-1-4-10-23)29(35)32-19-25-11-7-8-18-31-25/h1-18,28H,19-21H2,(H,32,35). The van der Waals surface area contributed by atoms with Crippen LogP contribution in [0.4, 0.5) is 4.39 Å². The van der Waals surface area contributed by atoms with Gasteiger partial charge in [0.1, 0.15) is 17.6 Å². The number of carbonyl (C=O) groups is 2. The molecule has 0 aliphatic carbocycles. The number of aromatic nitrogens is 1. The number of rotatable bonds is 10. The second kappa shape index (κ2) is 12.3. The summed E-state index contributed by atoms with van der Waals surface area (Å²) in [7, 11) is 0. The van der Waals surface area contributed by atoms with Crippen LogP contribution in [0.25, 0.3) is 0 Å². The Hall–Kier alpha value is -4.52. The van der Waals surface area contributed by atoms with Crippen LogP contribution >= 0.6 is 0 Å². The first-order valence-corrected chi connectivity index (χ1v) is 11.5. The minimum absolute atomic E-state index is 0.0911. The first-order valence-electron chi connectivity index (χ1n) is 11.5. The molecule has 0 aliphatic heterocycles. The molecule has 3 aromatic carbocycles. The van der Waals surface area contributed by atoms with Crippen molar-refractivity contribution in [3.8, 4) is 5.75 Å². The van der Waals surface area contributed by atoms with Crippen LogP contribution in [0.15, 0.2) is 109 Å². The molecule has 1 atom stereocenters. The fourth-order valence-electron chi connectivity index (χ4n) is 3.74.